The summed E-state index contributed by atoms with van der Waals surface area (Å²) in [6.07, 6.45) is 8.67. The fourth-order valence-electron chi connectivity index (χ4n) is 2.72. The maximum atomic E-state index is 12.9. The number of sulfonamides is 1. The van der Waals surface area contributed by atoms with Crippen molar-refractivity contribution < 1.29 is 13.2 Å². The van der Waals surface area contributed by atoms with Crippen LogP contribution in [0.1, 0.15) is 6.42 Å². The quantitative estimate of drug-likeness (QED) is 0.791. The van der Waals surface area contributed by atoms with E-state index in [1.165, 1.54) is 10.5 Å². The summed E-state index contributed by atoms with van der Waals surface area (Å²) in [6.45, 7) is 2.41. The average Bonchev–Trinajstić information content (AvgIpc) is 2.77. The van der Waals surface area contributed by atoms with Crippen molar-refractivity contribution in [3.63, 3.8) is 0 Å². The Bertz CT molecular complexity index is 666. The summed E-state index contributed by atoms with van der Waals surface area (Å²) in [7, 11) is -3.58. The van der Waals surface area contributed by atoms with Crippen LogP contribution in [0.2, 0.25) is 0 Å². The van der Waals surface area contributed by atoms with Gasteiger partial charge in [0, 0.05) is 25.8 Å². The largest absolute Gasteiger partial charge is 0.315 e. The van der Waals surface area contributed by atoms with Gasteiger partial charge in [0.1, 0.15) is 0 Å². The first kappa shape index (κ1) is 14.4. The van der Waals surface area contributed by atoms with Gasteiger partial charge in [-0.1, -0.05) is 12.2 Å². The van der Waals surface area contributed by atoms with Gasteiger partial charge in [-0.25, -0.2) is 13.4 Å². The van der Waals surface area contributed by atoms with Crippen molar-refractivity contribution in [3.8, 4) is 0 Å². The lowest BCUT2D eigenvalue weighted by Gasteiger charge is -2.27. The number of allylic oxidation sites excluding steroid dienone is 4. The summed E-state index contributed by atoms with van der Waals surface area (Å²) in [5.74, 6) is -0.892. The zero-order chi connectivity index (χ0) is 14.9. The Morgan fingerprint density at radius 2 is 2.10 bits per heavy atom. The van der Waals surface area contributed by atoms with Gasteiger partial charge in [-0.2, -0.15) is 4.31 Å². The van der Waals surface area contributed by atoms with Gasteiger partial charge in [0.25, 0.3) is 5.91 Å². The number of nitrogens with one attached hydrogen (secondary N) is 1. The second-order valence-electron chi connectivity index (χ2n) is 5.14. The molecule has 1 unspecified atom stereocenters. The van der Waals surface area contributed by atoms with Gasteiger partial charge in [-0.3, -0.25) is 4.79 Å². The van der Waals surface area contributed by atoms with E-state index in [9.17, 15) is 13.2 Å². The fourth-order valence-corrected chi connectivity index (χ4v) is 4.44. The zero-order valence-electron chi connectivity index (χ0n) is 11.5. The summed E-state index contributed by atoms with van der Waals surface area (Å²) in [5.41, 5.74) is 0.523. The SMILES string of the molecule is O=C1N=CC=C2C(S(=O)(=O)N3CCCNCC3)=CC=CC12. The summed E-state index contributed by atoms with van der Waals surface area (Å²) >= 11 is 0. The Morgan fingerprint density at radius 1 is 1.24 bits per heavy atom. The minimum Gasteiger partial charge on any atom is -0.315 e. The molecule has 1 N–H and O–H groups in total. The van der Waals surface area contributed by atoms with E-state index in [-0.39, 0.29) is 10.8 Å². The van der Waals surface area contributed by atoms with Gasteiger partial charge in [0.15, 0.2) is 0 Å². The summed E-state index contributed by atoms with van der Waals surface area (Å²) in [4.78, 5) is 15.7. The molecule has 7 heteroatoms. The number of dihydropyridines is 1. The monoisotopic (exact) mass is 307 g/mol. The van der Waals surface area contributed by atoms with Crippen molar-refractivity contribution in [1.29, 1.82) is 0 Å². The predicted octanol–water partition coefficient (Wildman–Crippen LogP) is 0.219. The zero-order valence-corrected chi connectivity index (χ0v) is 12.3. The molecule has 1 aliphatic carbocycles. The summed E-state index contributed by atoms with van der Waals surface area (Å²) in [6, 6.07) is 0. The van der Waals surface area contributed by atoms with E-state index in [1.54, 1.807) is 24.3 Å². The molecule has 0 aromatic carbocycles. The highest BCUT2D eigenvalue weighted by molar-refractivity contribution is 7.93. The van der Waals surface area contributed by atoms with E-state index in [0.29, 0.717) is 25.2 Å². The van der Waals surface area contributed by atoms with Crippen molar-refractivity contribution in [2.45, 2.75) is 6.42 Å². The van der Waals surface area contributed by atoms with Crippen LogP contribution in [0.5, 0.6) is 0 Å². The van der Waals surface area contributed by atoms with Crippen molar-refractivity contribution in [3.05, 3.63) is 34.8 Å². The predicted molar refractivity (Wildman–Crippen MR) is 80.3 cm³/mol. The highest BCUT2D eigenvalue weighted by Gasteiger charge is 2.35. The number of carbonyl (C=O) groups is 1. The minimum absolute atomic E-state index is 0.219. The first-order chi connectivity index (χ1) is 10.1. The van der Waals surface area contributed by atoms with Gasteiger partial charge in [-0.15, -0.1) is 0 Å². The number of fused-ring (bicyclic) bond motifs is 1. The lowest BCUT2D eigenvalue weighted by atomic mass is 9.92. The number of hydrogen-bond acceptors (Lipinski definition) is 4. The third kappa shape index (κ3) is 2.64. The molecule has 3 rings (SSSR count). The van der Waals surface area contributed by atoms with Gasteiger partial charge in [0.2, 0.25) is 10.0 Å². The van der Waals surface area contributed by atoms with E-state index in [4.69, 9.17) is 0 Å². The molecule has 2 heterocycles. The second-order valence-corrected chi connectivity index (χ2v) is 7.05. The molecule has 1 saturated heterocycles. The molecule has 0 spiro atoms. The minimum atomic E-state index is -3.58. The highest BCUT2D eigenvalue weighted by Crippen LogP contribution is 2.33. The third-order valence-electron chi connectivity index (χ3n) is 3.81. The van der Waals surface area contributed by atoms with E-state index in [0.717, 1.165) is 13.0 Å². The molecule has 1 fully saturated rings. The van der Waals surface area contributed by atoms with E-state index in [2.05, 4.69) is 10.3 Å². The van der Waals surface area contributed by atoms with Crippen LogP contribution in [0, 0.1) is 5.92 Å². The molecule has 21 heavy (non-hydrogen) atoms. The second kappa shape index (κ2) is 5.67. The Labute approximate surface area is 124 Å². The molecular formula is C14H17N3O3S. The number of hydrogen-bond donors (Lipinski definition) is 1. The van der Waals surface area contributed by atoms with Gasteiger partial charge < -0.3 is 5.32 Å². The Balaban J connectivity index is 1.96. The molecule has 0 radical (unpaired) electrons. The van der Waals surface area contributed by atoms with Crippen LogP contribution in [0.15, 0.2) is 39.8 Å². The fraction of sp³-hybridized carbons (Fsp3) is 0.429. The first-order valence-corrected chi connectivity index (χ1v) is 8.42. The Hall–Kier alpha value is -1.57. The number of amides is 1. The molecule has 0 aromatic rings. The van der Waals surface area contributed by atoms with Crippen LogP contribution in [0.3, 0.4) is 0 Å². The maximum Gasteiger partial charge on any atom is 0.257 e. The van der Waals surface area contributed by atoms with Gasteiger partial charge >= 0.3 is 0 Å². The number of nitrogens with zero attached hydrogens (tertiary/aromatic N) is 2. The van der Waals surface area contributed by atoms with Crippen LogP contribution < -0.4 is 5.32 Å². The normalized spacial score (nSPS) is 26.9. The van der Waals surface area contributed by atoms with Gasteiger partial charge in [-0.05, 0) is 30.7 Å². The topological polar surface area (TPSA) is 78.8 Å². The molecule has 0 saturated carbocycles. The molecule has 1 atom stereocenters. The molecule has 6 nitrogen and oxygen atoms in total. The summed E-state index contributed by atoms with van der Waals surface area (Å²) in [5, 5.41) is 3.19. The molecular weight excluding hydrogens is 290 g/mol. The molecule has 0 bridgehead atoms. The first-order valence-electron chi connectivity index (χ1n) is 6.98. The van der Waals surface area contributed by atoms with Crippen molar-refractivity contribution in [1.82, 2.24) is 9.62 Å². The molecule has 112 valence electrons. The standard InChI is InChI=1S/C14H17N3O3S/c18-14-12-3-1-4-13(11(12)5-7-16-14)21(19,20)17-9-2-6-15-8-10-17/h1,3-5,7,12,15H,2,6,8-10H2. The summed E-state index contributed by atoms with van der Waals surface area (Å²) < 4.78 is 27.2. The van der Waals surface area contributed by atoms with E-state index in [1.807, 2.05) is 0 Å². The van der Waals surface area contributed by atoms with E-state index >= 15 is 0 Å². The van der Waals surface area contributed by atoms with Crippen LogP contribution in [-0.4, -0.2) is 51.0 Å². The van der Waals surface area contributed by atoms with E-state index < -0.39 is 15.9 Å². The maximum absolute atomic E-state index is 12.9. The van der Waals surface area contributed by atoms with Crippen LogP contribution in [0.25, 0.3) is 0 Å². The van der Waals surface area contributed by atoms with Crippen molar-refractivity contribution >= 4 is 22.1 Å². The van der Waals surface area contributed by atoms with Crippen molar-refractivity contribution in [2.75, 3.05) is 26.2 Å². The Morgan fingerprint density at radius 3 is 2.95 bits per heavy atom. The average molecular weight is 307 g/mol. The lowest BCUT2D eigenvalue weighted by molar-refractivity contribution is -0.119. The van der Waals surface area contributed by atoms with Crippen LogP contribution in [0.4, 0.5) is 0 Å². The van der Waals surface area contributed by atoms with Crippen LogP contribution >= 0.6 is 0 Å². The molecule has 2 aliphatic heterocycles. The molecule has 0 aromatic heterocycles. The number of aliphatic imine (C=N–C) groups is 1. The highest BCUT2D eigenvalue weighted by atomic mass is 32.2. The van der Waals surface area contributed by atoms with Crippen LogP contribution in [-0.2, 0) is 14.8 Å². The molecule has 1 amide bonds. The number of rotatable bonds is 2. The third-order valence-corrected chi connectivity index (χ3v) is 5.78. The Kier molecular flexibility index (Phi) is 3.88. The number of carbonyl (C=O) groups excluding carboxylic acids is 1. The molecule has 3 aliphatic rings. The van der Waals surface area contributed by atoms with Crippen molar-refractivity contribution in [2.24, 2.45) is 10.9 Å². The van der Waals surface area contributed by atoms with Gasteiger partial charge in [0.05, 0.1) is 10.8 Å². The lowest BCUT2D eigenvalue weighted by Crippen LogP contribution is -2.37. The smallest absolute Gasteiger partial charge is 0.257 e.